The lowest BCUT2D eigenvalue weighted by molar-refractivity contribution is -0.385. The average molecular weight is 553 g/mol. The van der Waals surface area contributed by atoms with Crippen molar-refractivity contribution in [1.29, 1.82) is 0 Å². The lowest BCUT2D eigenvalue weighted by Gasteiger charge is -2.03. The number of nitrogens with one attached hydrogen (secondary N) is 2. The minimum atomic E-state index is -0.473. The summed E-state index contributed by atoms with van der Waals surface area (Å²) in [6.07, 6.45) is 1.46. The first kappa shape index (κ1) is 26.5. The first-order chi connectivity index (χ1) is 18.3. The van der Waals surface area contributed by atoms with Gasteiger partial charge in [-0.15, -0.1) is 22.7 Å². The normalized spacial score (nSPS) is 10.6. The molecule has 0 aliphatic rings. The quantitative estimate of drug-likeness (QED) is 0.132. The van der Waals surface area contributed by atoms with Gasteiger partial charge in [0.2, 0.25) is 11.8 Å². The summed E-state index contributed by atoms with van der Waals surface area (Å²) in [7, 11) is 0. The molecule has 14 heteroatoms. The molecule has 2 heterocycles. The van der Waals surface area contributed by atoms with Gasteiger partial charge in [-0.05, 0) is 37.1 Å². The van der Waals surface area contributed by atoms with E-state index in [1.54, 1.807) is 35.0 Å². The SMILES string of the molecule is O=C(CCCCC(=O)Nc1nc(-c2ccc([N+](=O)[O-])cc2)cs1)Nc1nc(-c2ccc([N+](=O)[O-])cc2)cs1. The summed E-state index contributed by atoms with van der Waals surface area (Å²) in [6.45, 7) is 0. The smallest absolute Gasteiger partial charge is 0.269 e. The lowest BCUT2D eigenvalue weighted by atomic mass is 10.1. The Balaban J connectivity index is 1.17. The molecule has 0 spiro atoms. The van der Waals surface area contributed by atoms with Gasteiger partial charge in [0.05, 0.1) is 21.2 Å². The number of nitro groups is 2. The molecule has 12 nitrogen and oxygen atoms in total. The van der Waals surface area contributed by atoms with Gasteiger partial charge in [0.25, 0.3) is 11.4 Å². The fraction of sp³-hybridized carbons (Fsp3) is 0.167. The third-order valence-corrected chi connectivity index (χ3v) is 6.82. The molecule has 0 atom stereocenters. The zero-order valence-corrected chi connectivity index (χ0v) is 21.3. The lowest BCUT2D eigenvalue weighted by Crippen LogP contribution is -2.13. The Morgan fingerprint density at radius 3 is 1.39 bits per heavy atom. The van der Waals surface area contributed by atoms with Gasteiger partial charge in [0.1, 0.15) is 0 Å². The number of carbonyl (C=O) groups excluding carboxylic acids is 2. The van der Waals surface area contributed by atoms with Crippen LogP contribution in [0.15, 0.2) is 59.3 Å². The third kappa shape index (κ3) is 7.02. The molecular weight excluding hydrogens is 532 g/mol. The van der Waals surface area contributed by atoms with E-state index in [2.05, 4.69) is 20.6 Å². The van der Waals surface area contributed by atoms with Gasteiger partial charge in [0.15, 0.2) is 10.3 Å². The van der Waals surface area contributed by atoms with Crippen molar-refractivity contribution >= 4 is 56.1 Å². The molecule has 0 saturated carbocycles. The van der Waals surface area contributed by atoms with E-state index in [0.29, 0.717) is 45.6 Å². The molecule has 0 saturated heterocycles. The van der Waals surface area contributed by atoms with Crippen molar-refractivity contribution in [3.63, 3.8) is 0 Å². The van der Waals surface area contributed by atoms with Crippen LogP contribution in [0, 0.1) is 20.2 Å². The Hall–Kier alpha value is -4.56. The molecule has 2 aromatic carbocycles. The number of carbonyl (C=O) groups is 2. The van der Waals surface area contributed by atoms with Crippen molar-refractivity contribution < 1.29 is 19.4 Å². The number of rotatable bonds is 11. The molecule has 0 fully saturated rings. The van der Waals surface area contributed by atoms with Crippen LogP contribution in [0.5, 0.6) is 0 Å². The van der Waals surface area contributed by atoms with E-state index in [9.17, 15) is 29.8 Å². The van der Waals surface area contributed by atoms with Crippen LogP contribution in [-0.2, 0) is 9.59 Å². The summed E-state index contributed by atoms with van der Waals surface area (Å²) < 4.78 is 0. The van der Waals surface area contributed by atoms with Crippen LogP contribution in [0.3, 0.4) is 0 Å². The van der Waals surface area contributed by atoms with E-state index in [1.807, 2.05) is 0 Å². The summed E-state index contributed by atoms with van der Waals surface area (Å²) in [5.41, 5.74) is 2.61. The van der Waals surface area contributed by atoms with Gasteiger partial charge < -0.3 is 10.6 Å². The molecule has 0 radical (unpaired) electrons. The number of amides is 2. The predicted molar refractivity (Wildman–Crippen MR) is 144 cm³/mol. The number of hydrogen-bond donors (Lipinski definition) is 2. The van der Waals surface area contributed by atoms with Gasteiger partial charge in [-0.1, -0.05) is 0 Å². The third-order valence-electron chi connectivity index (χ3n) is 5.31. The molecule has 4 rings (SSSR count). The van der Waals surface area contributed by atoms with Crippen LogP contribution in [0.25, 0.3) is 22.5 Å². The summed E-state index contributed by atoms with van der Waals surface area (Å²) in [4.78, 5) is 53.8. The number of aromatic nitrogens is 2. The minimum absolute atomic E-state index is 0.00941. The highest BCUT2D eigenvalue weighted by Crippen LogP contribution is 2.28. The Bertz CT molecular complexity index is 1350. The van der Waals surface area contributed by atoms with Crippen LogP contribution >= 0.6 is 22.7 Å². The fourth-order valence-electron chi connectivity index (χ4n) is 3.37. The molecule has 2 amide bonds. The summed E-state index contributed by atoms with van der Waals surface area (Å²) in [5, 5.41) is 31.4. The standard InChI is InChI=1S/C24H20N6O6S2/c31-21(27-23-25-19(13-37-23)15-5-9-17(10-6-15)29(33)34)3-1-2-4-22(32)28-24-26-20(14-38-24)16-7-11-18(12-8-16)30(35)36/h5-14H,1-4H2,(H,25,27,31)(H,26,28,32). The van der Waals surface area contributed by atoms with Crippen molar-refractivity contribution in [3.05, 3.63) is 79.5 Å². The Morgan fingerprint density at radius 2 is 1.05 bits per heavy atom. The number of hydrogen-bond acceptors (Lipinski definition) is 10. The number of nitro benzene ring substituents is 2. The largest absolute Gasteiger partial charge is 0.302 e. The van der Waals surface area contributed by atoms with Crippen molar-refractivity contribution in [2.45, 2.75) is 25.7 Å². The summed E-state index contributed by atoms with van der Waals surface area (Å²) in [5.74, 6) is -0.439. The van der Waals surface area contributed by atoms with E-state index in [1.165, 1.54) is 46.9 Å². The minimum Gasteiger partial charge on any atom is -0.302 e. The van der Waals surface area contributed by atoms with Gasteiger partial charge >= 0.3 is 0 Å². The second kappa shape index (κ2) is 12.1. The van der Waals surface area contributed by atoms with Crippen molar-refractivity contribution in [2.75, 3.05) is 10.6 Å². The van der Waals surface area contributed by atoms with E-state index in [0.717, 1.165) is 0 Å². The van der Waals surface area contributed by atoms with E-state index in [4.69, 9.17) is 0 Å². The molecule has 38 heavy (non-hydrogen) atoms. The topological polar surface area (TPSA) is 170 Å². The Labute approximate surface area is 223 Å². The molecule has 0 bridgehead atoms. The molecule has 4 aromatic rings. The number of non-ortho nitro benzene ring substituents is 2. The second-order valence-corrected chi connectivity index (χ2v) is 9.70. The molecule has 0 aliphatic carbocycles. The predicted octanol–water partition coefficient (Wildman–Crippen LogP) is 5.89. The molecule has 2 aromatic heterocycles. The molecule has 2 N–H and O–H groups in total. The van der Waals surface area contributed by atoms with Crippen molar-refractivity contribution in [1.82, 2.24) is 9.97 Å². The molecule has 194 valence electrons. The van der Waals surface area contributed by atoms with Crippen LogP contribution < -0.4 is 10.6 Å². The van der Waals surface area contributed by atoms with E-state index in [-0.39, 0.29) is 36.0 Å². The highest BCUT2D eigenvalue weighted by atomic mass is 32.1. The van der Waals surface area contributed by atoms with E-state index >= 15 is 0 Å². The van der Waals surface area contributed by atoms with Gasteiger partial charge in [-0.3, -0.25) is 29.8 Å². The monoisotopic (exact) mass is 552 g/mol. The molecule has 0 unspecified atom stereocenters. The molecular formula is C24H20N6O6S2. The molecule has 0 aliphatic heterocycles. The number of unbranched alkanes of at least 4 members (excludes halogenated alkanes) is 1. The Kier molecular flexibility index (Phi) is 8.45. The summed E-state index contributed by atoms with van der Waals surface area (Å²) >= 11 is 2.51. The first-order valence-corrected chi connectivity index (χ1v) is 13.0. The maximum absolute atomic E-state index is 12.2. The van der Waals surface area contributed by atoms with Crippen LogP contribution in [0.4, 0.5) is 21.6 Å². The number of nitrogens with zero attached hydrogens (tertiary/aromatic N) is 4. The highest BCUT2D eigenvalue weighted by Gasteiger charge is 2.12. The highest BCUT2D eigenvalue weighted by molar-refractivity contribution is 7.14. The summed E-state index contributed by atoms with van der Waals surface area (Å²) in [6, 6.07) is 12.0. The Morgan fingerprint density at radius 1 is 0.684 bits per heavy atom. The number of anilines is 2. The van der Waals surface area contributed by atoms with Gasteiger partial charge in [-0.25, -0.2) is 9.97 Å². The van der Waals surface area contributed by atoms with Crippen molar-refractivity contribution in [3.8, 4) is 22.5 Å². The zero-order valence-electron chi connectivity index (χ0n) is 19.7. The second-order valence-electron chi connectivity index (χ2n) is 7.99. The first-order valence-electron chi connectivity index (χ1n) is 11.3. The van der Waals surface area contributed by atoms with Crippen LogP contribution in [0.2, 0.25) is 0 Å². The van der Waals surface area contributed by atoms with Gasteiger partial charge in [0, 0.05) is 59.0 Å². The number of thiazole rings is 2. The van der Waals surface area contributed by atoms with Gasteiger partial charge in [-0.2, -0.15) is 0 Å². The fourth-order valence-corrected chi connectivity index (χ4v) is 4.84. The maximum Gasteiger partial charge on any atom is 0.269 e. The van der Waals surface area contributed by atoms with Crippen molar-refractivity contribution in [2.24, 2.45) is 0 Å². The zero-order chi connectivity index (χ0) is 27.1. The van der Waals surface area contributed by atoms with Crippen LogP contribution in [0.1, 0.15) is 25.7 Å². The van der Waals surface area contributed by atoms with E-state index < -0.39 is 9.85 Å². The average Bonchev–Trinajstić information content (AvgIpc) is 3.56. The number of benzene rings is 2. The van der Waals surface area contributed by atoms with Crippen LogP contribution in [-0.4, -0.2) is 31.6 Å². The maximum atomic E-state index is 12.2.